The lowest BCUT2D eigenvalue weighted by molar-refractivity contribution is -0.137. The molecule has 1 N–H and O–H groups in total. The third kappa shape index (κ3) is 4.89. The number of halogens is 3. The van der Waals surface area contributed by atoms with Crippen molar-refractivity contribution in [3.63, 3.8) is 0 Å². The number of ether oxygens (including phenoxy) is 3. The summed E-state index contributed by atoms with van der Waals surface area (Å²) in [6.45, 7) is 3.21. The van der Waals surface area contributed by atoms with Crippen LogP contribution < -0.4 is 9.47 Å². The smallest absolute Gasteiger partial charge is 0.416 e. The number of carbonyl (C=O) groups is 1. The van der Waals surface area contributed by atoms with Crippen LogP contribution >= 0.6 is 0 Å². The van der Waals surface area contributed by atoms with Gasteiger partial charge in [0.05, 0.1) is 12.7 Å². The maximum absolute atomic E-state index is 12.7. The molecule has 0 heterocycles. The second-order valence-electron chi connectivity index (χ2n) is 6.20. The second kappa shape index (κ2) is 9.00. The average molecular weight is 410 g/mol. The van der Waals surface area contributed by atoms with Gasteiger partial charge in [0, 0.05) is 18.2 Å². The summed E-state index contributed by atoms with van der Waals surface area (Å²) in [5, 5.41) is 10.5. The Morgan fingerprint density at radius 2 is 1.69 bits per heavy atom. The van der Waals surface area contributed by atoms with Crippen LogP contribution in [0.25, 0.3) is 6.08 Å². The molecular formula is C21H21F3O5. The van der Waals surface area contributed by atoms with E-state index in [1.807, 2.05) is 0 Å². The molecule has 156 valence electrons. The van der Waals surface area contributed by atoms with Crippen molar-refractivity contribution in [3.05, 3.63) is 58.2 Å². The van der Waals surface area contributed by atoms with Crippen LogP contribution in [0.1, 0.15) is 32.6 Å². The van der Waals surface area contributed by atoms with Gasteiger partial charge in [0.15, 0.2) is 12.6 Å². The van der Waals surface area contributed by atoms with E-state index >= 15 is 0 Å². The molecule has 0 aliphatic carbocycles. The van der Waals surface area contributed by atoms with Crippen molar-refractivity contribution < 1.29 is 37.3 Å². The van der Waals surface area contributed by atoms with E-state index in [9.17, 15) is 23.1 Å². The number of ketones is 1. The number of phenolic OH excluding ortho intramolecular Hbond substituents is 1. The predicted molar refractivity (Wildman–Crippen MR) is 101 cm³/mol. The Labute approximate surface area is 166 Å². The summed E-state index contributed by atoms with van der Waals surface area (Å²) in [4.78, 5) is 12.7. The van der Waals surface area contributed by atoms with Gasteiger partial charge in [-0.1, -0.05) is 18.2 Å². The fourth-order valence-electron chi connectivity index (χ4n) is 2.83. The van der Waals surface area contributed by atoms with Gasteiger partial charge < -0.3 is 19.3 Å². The van der Waals surface area contributed by atoms with Crippen LogP contribution in [0, 0.1) is 13.8 Å². The molecular weight excluding hydrogens is 389 g/mol. The quantitative estimate of drug-likeness (QED) is 0.399. The standard InChI is InChI=1S/C21H21F3O5/c1-12-18(26)17(20(28-4)13(2)19(12)29-11-27-3)16(25)10-7-14-5-8-15(9-6-14)21(22,23)24/h5-10,26H,11H2,1-4H3/b10-7+. The summed E-state index contributed by atoms with van der Waals surface area (Å²) in [5.74, 6) is -0.393. The van der Waals surface area contributed by atoms with Gasteiger partial charge in [0.2, 0.25) is 0 Å². The molecule has 0 bridgehead atoms. The highest BCUT2D eigenvalue weighted by molar-refractivity contribution is 6.11. The van der Waals surface area contributed by atoms with Gasteiger partial charge in [0.25, 0.3) is 0 Å². The van der Waals surface area contributed by atoms with Gasteiger partial charge in [-0.25, -0.2) is 0 Å². The number of alkyl halides is 3. The Morgan fingerprint density at radius 3 is 2.21 bits per heavy atom. The van der Waals surface area contributed by atoms with Crippen molar-refractivity contribution in [1.29, 1.82) is 0 Å². The molecule has 0 aliphatic rings. The van der Waals surface area contributed by atoms with Crippen molar-refractivity contribution in [2.45, 2.75) is 20.0 Å². The maximum Gasteiger partial charge on any atom is 0.416 e. The number of phenols is 1. The number of carbonyl (C=O) groups excluding carboxylic acids is 1. The SMILES string of the molecule is COCOc1c(C)c(O)c(C(=O)/C=C/c2ccc(C(F)(F)F)cc2)c(OC)c1C. The fraction of sp³-hybridized carbons (Fsp3) is 0.286. The number of methoxy groups -OCH3 is 2. The van der Waals surface area contributed by atoms with Crippen LogP contribution in [-0.4, -0.2) is 31.9 Å². The molecule has 0 spiro atoms. The van der Waals surface area contributed by atoms with E-state index in [-0.39, 0.29) is 23.9 Å². The molecule has 0 unspecified atom stereocenters. The molecule has 0 aromatic heterocycles. The van der Waals surface area contributed by atoms with Crippen molar-refractivity contribution in [3.8, 4) is 17.2 Å². The third-order valence-corrected chi connectivity index (χ3v) is 4.28. The Balaban J connectivity index is 2.38. The summed E-state index contributed by atoms with van der Waals surface area (Å²) < 4.78 is 53.5. The van der Waals surface area contributed by atoms with E-state index in [0.29, 0.717) is 22.4 Å². The van der Waals surface area contributed by atoms with Crippen LogP contribution in [0.3, 0.4) is 0 Å². The van der Waals surface area contributed by atoms with Crippen LogP contribution in [0.4, 0.5) is 13.2 Å². The summed E-state index contributed by atoms with van der Waals surface area (Å²) in [6.07, 6.45) is -1.91. The van der Waals surface area contributed by atoms with Gasteiger partial charge in [-0.05, 0) is 37.6 Å². The lowest BCUT2D eigenvalue weighted by Gasteiger charge is -2.19. The van der Waals surface area contributed by atoms with Crippen LogP contribution in [0.15, 0.2) is 30.3 Å². The highest BCUT2D eigenvalue weighted by Crippen LogP contribution is 2.42. The van der Waals surface area contributed by atoms with Gasteiger partial charge in [0.1, 0.15) is 22.8 Å². The van der Waals surface area contributed by atoms with Crippen molar-refractivity contribution in [2.24, 2.45) is 0 Å². The number of aromatic hydroxyl groups is 1. The predicted octanol–water partition coefficient (Wildman–Crippen LogP) is 4.92. The number of allylic oxidation sites excluding steroid dienone is 1. The topological polar surface area (TPSA) is 65.0 Å². The average Bonchev–Trinajstić information content (AvgIpc) is 2.68. The van der Waals surface area contributed by atoms with Crippen molar-refractivity contribution in [2.75, 3.05) is 21.0 Å². The lowest BCUT2D eigenvalue weighted by atomic mass is 9.98. The first-order chi connectivity index (χ1) is 13.6. The maximum atomic E-state index is 12.7. The first-order valence-corrected chi connectivity index (χ1v) is 8.53. The molecule has 8 heteroatoms. The van der Waals surface area contributed by atoms with Crippen LogP contribution in [-0.2, 0) is 10.9 Å². The Morgan fingerprint density at radius 1 is 1.07 bits per heavy atom. The monoisotopic (exact) mass is 410 g/mol. The van der Waals surface area contributed by atoms with E-state index in [4.69, 9.17) is 14.2 Å². The van der Waals surface area contributed by atoms with Crippen molar-refractivity contribution >= 4 is 11.9 Å². The molecule has 0 saturated carbocycles. The van der Waals surface area contributed by atoms with E-state index < -0.39 is 17.5 Å². The number of hydrogen-bond donors (Lipinski definition) is 1. The van der Waals surface area contributed by atoms with E-state index in [1.165, 1.54) is 32.4 Å². The summed E-state index contributed by atoms with van der Waals surface area (Å²) in [7, 11) is 2.80. The number of rotatable bonds is 7. The first kappa shape index (κ1) is 22.3. The molecule has 0 fully saturated rings. The highest BCUT2D eigenvalue weighted by atomic mass is 19.4. The molecule has 0 aliphatic heterocycles. The number of benzene rings is 2. The minimum Gasteiger partial charge on any atom is -0.507 e. The summed E-state index contributed by atoms with van der Waals surface area (Å²) in [5.41, 5.74) is 0.407. The Bertz CT molecular complexity index is 916. The molecule has 0 saturated heterocycles. The van der Waals surface area contributed by atoms with Gasteiger partial charge in [-0.15, -0.1) is 0 Å². The highest BCUT2D eigenvalue weighted by Gasteiger charge is 2.30. The Hall–Kier alpha value is -3.00. The Kier molecular flexibility index (Phi) is 6.92. The molecule has 0 radical (unpaired) electrons. The zero-order valence-electron chi connectivity index (χ0n) is 16.4. The first-order valence-electron chi connectivity index (χ1n) is 8.53. The van der Waals surface area contributed by atoms with E-state index in [0.717, 1.165) is 18.2 Å². The van der Waals surface area contributed by atoms with Crippen LogP contribution in [0.5, 0.6) is 17.2 Å². The molecule has 0 amide bonds. The minimum atomic E-state index is -4.43. The zero-order valence-corrected chi connectivity index (χ0v) is 16.4. The van der Waals surface area contributed by atoms with E-state index in [1.54, 1.807) is 13.8 Å². The third-order valence-electron chi connectivity index (χ3n) is 4.28. The molecule has 2 aromatic carbocycles. The second-order valence-corrected chi connectivity index (χ2v) is 6.20. The van der Waals surface area contributed by atoms with Gasteiger partial charge >= 0.3 is 6.18 Å². The molecule has 0 atom stereocenters. The molecule has 5 nitrogen and oxygen atoms in total. The minimum absolute atomic E-state index is 0.0502. The molecule has 2 aromatic rings. The summed E-state index contributed by atoms with van der Waals surface area (Å²) in [6, 6.07) is 4.36. The zero-order chi connectivity index (χ0) is 21.8. The molecule has 2 rings (SSSR count). The fourth-order valence-corrected chi connectivity index (χ4v) is 2.83. The van der Waals surface area contributed by atoms with E-state index in [2.05, 4.69) is 0 Å². The normalized spacial score (nSPS) is 11.7. The largest absolute Gasteiger partial charge is 0.507 e. The summed E-state index contributed by atoms with van der Waals surface area (Å²) >= 11 is 0. The number of hydrogen-bond acceptors (Lipinski definition) is 5. The van der Waals surface area contributed by atoms with Gasteiger partial charge in [-0.3, -0.25) is 4.79 Å². The van der Waals surface area contributed by atoms with Crippen LogP contribution in [0.2, 0.25) is 0 Å². The lowest BCUT2D eigenvalue weighted by Crippen LogP contribution is -2.08. The van der Waals surface area contributed by atoms with Gasteiger partial charge in [-0.2, -0.15) is 13.2 Å². The van der Waals surface area contributed by atoms with Crippen molar-refractivity contribution in [1.82, 2.24) is 0 Å². The molecule has 29 heavy (non-hydrogen) atoms.